The van der Waals surface area contributed by atoms with Crippen molar-refractivity contribution in [2.24, 2.45) is 0 Å². The van der Waals surface area contributed by atoms with Crippen molar-refractivity contribution in [2.45, 2.75) is 44.7 Å². The molecule has 1 aliphatic carbocycles. The van der Waals surface area contributed by atoms with Crippen LogP contribution in [0.2, 0.25) is 0 Å². The van der Waals surface area contributed by atoms with Gasteiger partial charge < -0.3 is 20.1 Å². The minimum atomic E-state index is -0.934. The quantitative estimate of drug-likeness (QED) is 0.534. The molecule has 0 atom stereocenters. The lowest BCUT2D eigenvalue weighted by Crippen LogP contribution is -2.49. The number of carbonyl (C=O) groups is 2. The summed E-state index contributed by atoms with van der Waals surface area (Å²) in [6, 6.07) is 15.6. The van der Waals surface area contributed by atoms with Gasteiger partial charge in [-0.3, -0.25) is 4.79 Å². The highest BCUT2D eigenvalue weighted by Gasteiger charge is 2.51. The van der Waals surface area contributed by atoms with Crippen molar-refractivity contribution in [3.63, 3.8) is 0 Å². The van der Waals surface area contributed by atoms with E-state index in [1.54, 1.807) is 0 Å². The van der Waals surface area contributed by atoms with Crippen molar-refractivity contribution >= 4 is 12.0 Å². The second kappa shape index (κ2) is 9.68. The topological polar surface area (TPSA) is 102 Å². The molecule has 1 saturated carbocycles. The Balaban J connectivity index is 1.29. The van der Waals surface area contributed by atoms with Crippen LogP contribution in [0, 0.1) is 0 Å². The van der Waals surface area contributed by atoms with Gasteiger partial charge in [-0.25, -0.2) is 14.8 Å². The Morgan fingerprint density at radius 1 is 1.00 bits per heavy atom. The number of hydrogen-bond donors (Lipinski definition) is 2. The van der Waals surface area contributed by atoms with E-state index in [1.165, 1.54) is 18.7 Å². The number of carbonyl (C=O) groups excluding carboxylic acids is 2. The van der Waals surface area contributed by atoms with Gasteiger partial charge in [-0.2, -0.15) is 0 Å². The Labute approximate surface area is 192 Å². The van der Waals surface area contributed by atoms with Gasteiger partial charge >= 0.3 is 6.09 Å². The lowest BCUT2D eigenvalue weighted by molar-refractivity contribution is -0.124. The summed E-state index contributed by atoms with van der Waals surface area (Å²) >= 11 is 0. The first-order valence-corrected chi connectivity index (χ1v) is 10.8. The number of nitrogens with zero attached hydrogens (tertiary/aromatic N) is 2. The maximum Gasteiger partial charge on any atom is 0.413 e. The zero-order valence-electron chi connectivity index (χ0n) is 18.6. The number of benzene rings is 2. The molecule has 0 unspecified atom stereocenters. The fourth-order valence-corrected chi connectivity index (χ4v) is 3.40. The molecule has 0 bridgehead atoms. The van der Waals surface area contributed by atoms with Crippen LogP contribution in [0.15, 0.2) is 67.3 Å². The molecule has 1 aliphatic rings. The summed E-state index contributed by atoms with van der Waals surface area (Å²) in [6.07, 6.45) is 4.50. The van der Waals surface area contributed by atoms with Gasteiger partial charge in [-0.05, 0) is 48.1 Å². The van der Waals surface area contributed by atoms with Crippen molar-refractivity contribution < 1.29 is 19.1 Å². The van der Waals surface area contributed by atoms with Gasteiger partial charge in [0.1, 0.15) is 23.4 Å². The van der Waals surface area contributed by atoms with Crippen LogP contribution in [-0.4, -0.2) is 27.5 Å². The molecule has 8 nitrogen and oxygen atoms in total. The Bertz CT molecular complexity index is 1110. The summed E-state index contributed by atoms with van der Waals surface area (Å²) in [5.41, 5.74) is 1.14. The molecular weight excluding hydrogens is 420 g/mol. The molecule has 4 rings (SSSR count). The van der Waals surface area contributed by atoms with E-state index in [0.29, 0.717) is 25.3 Å². The first-order valence-electron chi connectivity index (χ1n) is 10.8. The second-order valence-electron chi connectivity index (χ2n) is 8.29. The molecular formula is C25H26N4O4. The Hall–Kier alpha value is -3.94. The first kappa shape index (κ1) is 22.3. The van der Waals surface area contributed by atoms with Gasteiger partial charge in [0.05, 0.1) is 12.4 Å². The minimum Gasteiger partial charge on any atom is -0.457 e. The van der Waals surface area contributed by atoms with E-state index in [1.807, 2.05) is 42.5 Å². The molecule has 0 radical (unpaired) electrons. The first-order chi connectivity index (χ1) is 15.9. The van der Waals surface area contributed by atoms with Crippen LogP contribution in [0.1, 0.15) is 43.7 Å². The molecule has 1 aromatic heterocycles. The van der Waals surface area contributed by atoms with Gasteiger partial charge in [0.2, 0.25) is 5.91 Å². The van der Waals surface area contributed by atoms with Gasteiger partial charge in [0, 0.05) is 6.54 Å². The van der Waals surface area contributed by atoms with Crippen LogP contribution in [-0.2, 0) is 11.3 Å². The zero-order valence-corrected chi connectivity index (χ0v) is 18.6. The standard InChI is InChI=1S/C25H26N4O4/c1-17(2)21-5-3-4-6-22(21)32-19-9-7-18(8-10-19)13-28-23(30)25(11-12-25)29-24(31)33-20-14-26-16-27-15-20/h3-10,14-17H,11-13H2,1-2H3,(H,28,30)(H,29,31). The van der Waals surface area contributed by atoms with Crippen LogP contribution in [0.5, 0.6) is 17.2 Å². The lowest BCUT2D eigenvalue weighted by Gasteiger charge is -2.17. The third kappa shape index (κ3) is 5.65. The molecule has 1 fully saturated rings. The molecule has 0 saturated heterocycles. The van der Waals surface area contributed by atoms with Crippen LogP contribution in [0.3, 0.4) is 0 Å². The Morgan fingerprint density at radius 2 is 1.70 bits per heavy atom. The minimum absolute atomic E-state index is 0.213. The molecule has 2 N–H and O–H groups in total. The highest BCUT2D eigenvalue weighted by molar-refractivity contribution is 5.93. The number of rotatable bonds is 8. The summed E-state index contributed by atoms with van der Waals surface area (Å²) in [5, 5.41) is 5.54. The van der Waals surface area contributed by atoms with Crippen LogP contribution in [0.4, 0.5) is 4.79 Å². The molecule has 3 aromatic rings. The largest absolute Gasteiger partial charge is 0.457 e. The maximum absolute atomic E-state index is 12.7. The van der Waals surface area contributed by atoms with Crippen LogP contribution < -0.4 is 20.1 Å². The fourth-order valence-electron chi connectivity index (χ4n) is 3.40. The molecule has 0 aliphatic heterocycles. The van der Waals surface area contributed by atoms with E-state index < -0.39 is 11.6 Å². The number of aromatic nitrogens is 2. The summed E-state index contributed by atoms with van der Waals surface area (Å²) in [4.78, 5) is 32.4. The summed E-state index contributed by atoms with van der Waals surface area (Å²) in [6.45, 7) is 4.60. The molecule has 2 amide bonds. The lowest BCUT2D eigenvalue weighted by atomic mass is 10.0. The SMILES string of the molecule is CC(C)c1ccccc1Oc1ccc(CNC(=O)C2(NC(=O)Oc3cncnc3)CC2)cc1. The van der Waals surface area contributed by atoms with Gasteiger partial charge in [-0.1, -0.05) is 44.2 Å². The third-order valence-electron chi connectivity index (χ3n) is 5.42. The van der Waals surface area contributed by atoms with Crippen molar-refractivity contribution in [2.75, 3.05) is 0 Å². The molecule has 33 heavy (non-hydrogen) atoms. The monoisotopic (exact) mass is 446 g/mol. The van der Waals surface area contributed by atoms with E-state index in [4.69, 9.17) is 9.47 Å². The molecule has 8 heteroatoms. The zero-order chi connectivity index (χ0) is 23.3. The van der Waals surface area contributed by atoms with E-state index in [0.717, 1.165) is 22.6 Å². The normalized spacial score (nSPS) is 13.8. The van der Waals surface area contributed by atoms with E-state index in [-0.39, 0.29) is 11.7 Å². The summed E-state index contributed by atoms with van der Waals surface area (Å²) in [7, 11) is 0. The summed E-state index contributed by atoms with van der Waals surface area (Å²) in [5.74, 6) is 1.90. The summed E-state index contributed by atoms with van der Waals surface area (Å²) < 4.78 is 11.2. The predicted octanol–water partition coefficient (Wildman–Crippen LogP) is 4.33. The maximum atomic E-state index is 12.7. The predicted molar refractivity (Wildman–Crippen MR) is 122 cm³/mol. The number of para-hydroxylation sites is 1. The van der Waals surface area contributed by atoms with E-state index in [9.17, 15) is 9.59 Å². The van der Waals surface area contributed by atoms with Crippen molar-refractivity contribution in [1.29, 1.82) is 0 Å². The van der Waals surface area contributed by atoms with Gasteiger partial charge in [0.25, 0.3) is 0 Å². The van der Waals surface area contributed by atoms with E-state index in [2.05, 4.69) is 40.5 Å². The van der Waals surface area contributed by atoms with Crippen molar-refractivity contribution in [3.05, 3.63) is 78.4 Å². The van der Waals surface area contributed by atoms with Gasteiger partial charge in [0.15, 0.2) is 5.75 Å². The number of nitrogens with one attached hydrogen (secondary N) is 2. The van der Waals surface area contributed by atoms with Crippen molar-refractivity contribution in [1.82, 2.24) is 20.6 Å². The average molecular weight is 447 g/mol. The highest BCUT2D eigenvalue weighted by Crippen LogP contribution is 2.36. The van der Waals surface area contributed by atoms with E-state index >= 15 is 0 Å². The highest BCUT2D eigenvalue weighted by atomic mass is 16.6. The Morgan fingerprint density at radius 3 is 2.36 bits per heavy atom. The van der Waals surface area contributed by atoms with Crippen molar-refractivity contribution in [3.8, 4) is 17.2 Å². The second-order valence-corrected chi connectivity index (χ2v) is 8.29. The van der Waals surface area contributed by atoms with Gasteiger partial charge in [-0.15, -0.1) is 0 Å². The number of hydrogen-bond acceptors (Lipinski definition) is 6. The number of amides is 2. The fraction of sp³-hybridized carbons (Fsp3) is 0.280. The molecule has 1 heterocycles. The number of ether oxygens (including phenoxy) is 2. The molecule has 2 aromatic carbocycles. The third-order valence-corrected chi connectivity index (χ3v) is 5.42. The average Bonchev–Trinajstić information content (AvgIpc) is 3.59. The van der Waals surface area contributed by atoms with Crippen LogP contribution >= 0.6 is 0 Å². The molecule has 0 spiro atoms. The smallest absolute Gasteiger partial charge is 0.413 e. The van der Waals surface area contributed by atoms with Crippen LogP contribution in [0.25, 0.3) is 0 Å². The Kier molecular flexibility index (Phi) is 6.53. The molecule has 170 valence electrons.